The van der Waals surface area contributed by atoms with Crippen LogP contribution in [0.4, 0.5) is 0 Å². The fraction of sp³-hybridized carbons (Fsp3) is 0.333. The highest BCUT2D eigenvalue weighted by atomic mass is 16.7. The van der Waals surface area contributed by atoms with Gasteiger partial charge < -0.3 is 29.0 Å². The summed E-state index contributed by atoms with van der Waals surface area (Å²) in [6.07, 6.45) is 0.517. The van der Waals surface area contributed by atoms with E-state index in [-0.39, 0.29) is 24.7 Å². The van der Waals surface area contributed by atoms with Gasteiger partial charge in [0.05, 0.1) is 38.4 Å². The minimum atomic E-state index is -0.866. The summed E-state index contributed by atoms with van der Waals surface area (Å²) in [4.78, 5) is 15.5. The van der Waals surface area contributed by atoms with Crippen molar-refractivity contribution in [2.24, 2.45) is 0 Å². The lowest BCUT2D eigenvalue weighted by Crippen LogP contribution is -2.13. The van der Waals surface area contributed by atoms with Crippen LogP contribution in [-0.2, 0) is 17.9 Å². The van der Waals surface area contributed by atoms with Crippen molar-refractivity contribution in [2.45, 2.75) is 19.3 Å². The summed E-state index contributed by atoms with van der Waals surface area (Å²) in [5.74, 6) is 0.572. The zero-order valence-electron chi connectivity index (χ0n) is 12.4. The van der Waals surface area contributed by atoms with Crippen molar-refractivity contribution in [3.8, 4) is 11.5 Å². The molecule has 8 heteroatoms. The highest BCUT2D eigenvalue weighted by Gasteiger charge is 2.21. The predicted octanol–water partition coefficient (Wildman–Crippen LogP) is 0.624. The molecule has 122 valence electrons. The standard InChI is InChI=1S/C15H16N2O6/c1-21-15(20)14-10(6-18)17(7-16-14)5-11(19)9-2-3-12-13(4-9)23-8-22-12/h2-4,7,11,18-19H,5-6,8H2,1H3. The van der Waals surface area contributed by atoms with E-state index in [0.717, 1.165) is 0 Å². The predicted molar refractivity (Wildman–Crippen MR) is 77.0 cm³/mol. The monoisotopic (exact) mass is 320 g/mol. The number of imidazole rings is 1. The van der Waals surface area contributed by atoms with Gasteiger partial charge in [-0.25, -0.2) is 9.78 Å². The molecule has 0 bridgehead atoms. The van der Waals surface area contributed by atoms with Gasteiger partial charge in [-0.1, -0.05) is 6.07 Å². The molecule has 1 aromatic heterocycles. The number of aromatic nitrogens is 2. The van der Waals surface area contributed by atoms with Gasteiger partial charge in [0.25, 0.3) is 0 Å². The van der Waals surface area contributed by atoms with Crippen molar-refractivity contribution in [3.63, 3.8) is 0 Å². The molecule has 1 aromatic carbocycles. The Kier molecular flexibility index (Phi) is 4.18. The fourth-order valence-electron chi connectivity index (χ4n) is 2.41. The maximum atomic E-state index is 11.6. The number of aliphatic hydroxyl groups is 2. The van der Waals surface area contributed by atoms with E-state index in [4.69, 9.17) is 9.47 Å². The summed E-state index contributed by atoms with van der Waals surface area (Å²) >= 11 is 0. The average Bonchev–Trinajstić information content (AvgIpc) is 3.19. The molecule has 1 aliphatic rings. The second kappa shape index (κ2) is 6.27. The first-order chi connectivity index (χ1) is 11.1. The zero-order valence-corrected chi connectivity index (χ0v) is 12.4. The van der Waals surface area contributed by atoms with Crippen molar-refractivity contribution in [1.82, 2.24) is 9.55 Å². The second-order valence-corrected chi connectivity index (χ2v) is 4.97. The van der Waals surface area contributed by atoms with Crippen LogP contribution in [0.2, 0.25) is 0 Å². The molecule has 2 heterocycles. The third-order valence-electron chi connectivity index (χ3n) is 3.63. The molecule has 8 nitrogen and oxygen atoms in total. The summed E-state index contributed by atoms with van der Waals surface area (Å²) in [7, 11) is 1.24. The summed E-state index contributed by atoms with van der Waals surface area (Å²) in [5.41, 5.74) is 0.955. The van der Waals surface area contributed by atoms with Crippen LogP contribution in [0.1, 0.15) is 27.8 Å². The molecule has 0 fully saturated rings. The van der Waals surface area contributed by atoms with Crippen LogP contribution >= 0.6 is 0 Å². The Morgan fingerprint density at radius 2 is 2.22 bits per heavy atom. The van der Waals surface area contributed by atoms with Gasteiger partial charge in [-0.2, -0.15) is 0 Å². The van der Waals surface area contributed by atoms with E-state index in [9.17, 15) is 15.0 Å². The Morgan fingerprint density at radius 1 is 1.43 bits per heavy atom. The normalized spacial score (nSPS) is 13.9. The van der Waals surface area contributed by atoms with Gasteiger partial charge in [0, 0.05) is 0 Å². The number of benzene rings is 1. The number of esters is 1. The molecule has 23 heavy (non-hydrogen) atoms. The Bertz CT molecular complexity index is 727. The highest BCUT2D eigenvalue weighted by Crippen LogP contribution is 2.34. The van der Waals surface area contributed by atoms with E-state index in [1.807, 2.05) is 0 Å². The Morgan fingerprint density at radius 3 is 2.96 bits per heavy atom. The first kappa shape index (κ1) is 15.3. The minimum absolute atomic E-state index is 0.0351. The maximum absolute atomic E-state index is 11.6. The van der Waals surface area contributed by atoms with Crippen LogP contribution in [0.25, 0.3) is 0 Å². The number of ether oxygens (including phenoxy) is 3. The van der Waals surface area contributed by atoms with Gasteiger partial charge in [0.15, 0.2) is 17.2 Å². The number of aliphatic hydroxyl groups excluding tert-OH is 2. The Labute approximate surface area is 131 Å². The van der Waals surface area contributed by atoms with E-state index in [2.05, 4.69) is 9.72 Å². The summed E-state index contributed by atoms with van der Waals surface area (Å²) < 4.78 is 16.6. The van der Waals surface area contributed by atoms with Gasteiger partial charge >= 0.3 is 5.97 Å². The maximum Gasteiger partial charge on any atom is 0.358 e. The molecular weight excluding hydrogens is 304 g/mol. The molecule has 1 unspecified atom stereocenters. The molecule has 0 amide bonds. The first-order valence-electron chi connectivity index (χ1n) is 6.94. The number of nitrogens with zero attached hydrogens (tertiary/aromatic N) is 2. The number of methoxy groups -OCH3 is 1. The Balaban J connectivity index is 1.81. The smallest absolute Gasteiger partial charge is 0.358 e. The molecule has 0 spiro atoms. The van der Waals surface area contributed by atoms with Gasteiger partial charge in [0.2, 0.25) is 6.79 Å². The van der Waals surface area contributed by atoms with Crippen LogP contribution in [0.15, 0.2) is 24.5 Å². The third-order valence-corrected chi connectivity index (χ3v) is 3.63. The number of carbonyl (C=O) groups excluding carboxylic acids is 1. The largest absolute Gasteiger partial charge is 0.464 e. The van der Waals surface area contributed by atoms with E-state index in [1.165, 1.54) is 18.0 Å². The van der Waals surface area contributed by atoms with Gasteiger partial charge in [0.1, 0.15) is 0 Å². The number of hydrogen-bond acceptors (Lipinski definition) is 7. The second-order valence-electron chi connectivity index (χ2n) is 4.97. The summed E-state index contributed by atoms with van der Waals surface area (Å²) in [6, 6.07) is 5.15. The van der Waals surface area contributed by atoms with E-state index < -0.39 is 18.7 Å². The minimum Gasteiger partial charge on any atom is -0.464 e. The zero-order chi connectivity index (χ0) is 16.4. The molecule has 3 rings (SSSR count). The van der Waals surface area contributed by atoms with Gasteiger partial charge in [-0.05, 0) is 17.7 Å². The number of carbonyl (C=O) groups is 1. The SMILES string of the molecule is COC(=O)c1ncn(CC(O)c2ccc3c(c2)OCO3)c1CO. The van der Waals surface area contributed by atoms with Crippen molar-refractivity contribution < 1.29 is 29.2 Å². The van der Waals surface area contributed by atoms with E-state index in [1.54, 1.807) is 18.2 Å². The fourth-order valence-corrected chi connectivity index (χ4v) is 2.41. The van der Waals surface area contributed by atoms with Crippen molar-refractivity contribution in [3.05, 3.63) is 41.5 Å². The van der Waals surface area contributed by atoms with Gasteiger partial charge in [-0.3, -0.25) is 0 Å². The van der Waals surface area contributed by atoms with Crippen LogP contribution in [0.3, 0.4) is 0 Å². The molecule has 1 atom stereocenters. The molecule has 1 aliphatic heterocycles. The van der Waals surface area contributed by atoms with Crippen molar-refractivity contribution >= 4 is 5.97 Å². The molecule has 2 N–H and O–H groups in total. The number of rotatable bonds is 5. The molecule has 0 aliphatic carbocycles. The van der Waals surface area contributed by atoms with Crippen molar-refractivity contribution in [1.29, 1.82) is 0 Å². The molecule has 0 saturated heterocycles. The van der Waals surface area contributed by atoms with E-state index in [0.29, 0.717) is 17.1 Å². The molecular formula is C15H16N2O6. The Hall–Kier alpha value is -2.58. The molecule has 2 aromatic rings. The highest BCUT2D eigenvalue weighted by molar-refractivity contribution is 5.88. The van der Waals surface area contributed by atoms with Crippen LogP contribution in [-0.4, -0.2) is 39.6 Å². The lowest BCUT2D eigenvalue weighted by molar-refractivity contribution is 0.0589. The molecule has 0 saturated carbocycles. The lowest BCUT2D eigenvalue weighted by Gasteiger charge is -2.14. The average molecular weight is 320 g/mol. The van der Waals surface area contributed by atoms with Crippen LogP contribution in [0, 0.1) is 0 Å². The van der Waals surface area contributed by atoms with Crippen molar-refractivity contribution in [2.75, 3.05) is 13.9 Å². The van der Waals surface area contributed by atoms with Crippen LogP contribution in [0.5, 0.6) is 11.5 Å². The number of fused-ring (bicyclic) bond motifs is 1. The van der Waals surface area contributed by atoms with E-state index >= 15 is 0 Å². The first-order valence-corrected chi connectivity index (χ1v) is 6.94. The summed E-state index contributed by atoms with van der Waals surface area (Å²) in [5, 5.41) is 19.8. The van der Waals surface area contributed by atoms with Crippen LogP contribution < -0.4 is 9.47 Å². The lowest BCUT2D eigenvalue weighted by atomic mass is 10.1. The van der Waals surface area contributed by atoms with Gasteiger partial charge in [-0.15, -0.1) is 0 Å². The number of hydrogen-bond donors (Lipinski definition) is 2. The molecule has 0 radical (unpaired) electrons. The quantitative estimate of drug-likeness (QED) is 0.779. The summed E-state index contributed by atoms with van der Waals surface area (Å²) in [6.45, 7) is -0.106. The third kappa shape index (κ3) is 2.86. The topological polar surface area (TPSA) is 103 Å².